The van der Waals surface area contributed by atoms with Gasteiger partial charge >= 0.3 is 0 Å². The Morgan fingerprint density at radius 3 is 3.12 bits per heavy atom. The summed E-state index contributed by atoms with van der Waals surface area (Å²) >= 11 is 0. The van der Waals surface area contributed by atoms with Gasteiger partial charge in [0.1, 0.15) is 5.56 Å². The van der Waals surface area contributed by atoms with Gasteiger partial charge in [-0.1, -0.05) is 5.11 Å². The molecule has 1 rings (SSSR count). The Kier molecular flexibility index (Phi) is 4.62. The monoisotopic (exact) mass is 221 g/mol. The number of rotatable bonds is 5. The molecule has 0 bridgehead atoms. The van der Waals surface area contributed by atoms with Crippen molar-refractivity contribution in [2.75, 3.05) is 13.1 Å². The molecule has 0 aliphatic carbocycles. The molecule has 7 heteroatoms. The Morgan fingerprint density at radius 1 is 1.62 bits per heavy atom. The van der Waals surface area contributed by atoms with Gasteiger partial charge in [0.25, 0.3) is 11.5 Å². The zero-order valence-corrected chi connectivity index (χ0v) is 8.51. The van der Waals surface area contributed by atoms with Crippen LogP contribution in [0.15, 0.2) is 28.2 Å². The van der Waals surface area contributed by atoms with Gasteiger partial charge in [-0.05, 0) is 24.1 Å². The predicted molar refractivity (Wildman–Crippen MR) is 58.0 cm³/mol. The highest BCUT2D eigenvalue weighted by Gasteiger charge is 2.07. The van der Waals surface area contributed by atoms with Gasteiger partial charge in [0.2, 0.25) is 0 Å². The number of nitrogens with zero attached hydrogens (tertiary/aromatic N) is 3. The van der Waals surface area contributed by atoms with E-state index in [4.69, 9.17) is 5.53 Å². The van der Waals surface area contributed by atoms with Crippen molar-refractivity contribution in [1.82, 2.24) is 10.3 Å². The fraction of sp³-hybridized carbons (Fsp3) is 0.333. The van der Waals surface area contributed by atoms with Crippen molar-refractivity contribution in [3.8, 4) is 0 Å². The van der Waals surface area contributed by atoms with Crippen molar-refractivity contribution in [2.45, 2.75) is 6.42 Å². The number of carbonyl (C=O) groups is 1. The third-order valence-corrected chi connectivity index (χ3v) is 1.85. The number of hydrogen-bond donors (Lipinski definition) is 2. The Balaban J connectivity index is 2.44. The number of nitrogens with one attached hydrogen (secondary N) is 2. The largest absolute Gasteiger partial charge is 0.352 e. The molecule has 7 nitrogen and oxygen atoms in total. The van der Waals surface area contributed by atoms with Crippen LogP contribution in [-0.2, 0) is 0 Å². The molecule has 1 amide bonds. The molecule has 0 aromatic carbocycles. The van der Waals surface area contributed by atoms with Crippen molar-refractivity contribution < 1.29 is 4.79 Å². The van der Waals surface area contributed by atoms with Crippen molar-refractivity contribution in [2.24, 2.45) is 5.11 Å². The lowest BCUT2D eigenvalue weighted by Gasteiger charge is -2.02. The molecule has 84 valence electrons. The average Bonchev–Trinajstić information content (AvgIpc) is 2.29. The van der Waals surface area contributed by atoms with Crippen LogP contribution in [0.1, 0.15) is 16.8 Å². The van der Waals surface area contributed by atoms with Crippen molar-refractivity contribution in [1.29, 1.82) is 0 Å². The molecular formula is C9H11N5O2. The van der Waals surface area contributed by atoms with Crippen molar-refractivity contribution in [3.63, 3.8) is 0 Å². The van der Waals surface area contributed by atoms with Gasteiger partial charge in [0, 0.05) is 24.2 Å². The highest BCUT2D eigenvalue weighted by molar-refractivity contribution is 5.93. The SMILES string of the molecule is [N-]=[N+]=NCCCNC(=O)c1ccc[nH]c1=O. The summed E-state index contributed by atoms with van der Waals surface area (Å²) in [4.78, 5) is 27.7. The number of aromatic nitrogens is 1. The topological polar surface area (TPSA) is 111 Å². The summed E-state index contributed by atoms with van der Waals surface area (Å²) in [5.74, 6) is -0.428. The van der Waals surface area contributed by atoms with E-state index < -0.39 is 11.5 Å². The molecule has 0 aliphatic rings. The molecular weight excluding hydrogens is 210 g/mol. The van der Waals surface area contributed by atoms with Crippen LogP contribution in [0.2, 0.25) is 0 Å². The van der Waals surface area contributed by atoms with Gasteiger partial charge in [-0.2, -0.15) is 0 Å². The van der Waals surface area contributed by atoms with Crippen molar-refractivity contribution >= 4 is 5.91 Å². The molecule has 1 aromatic rings. The molecule has 0 atom stereocenters. The Morgan fingerprint density at radius 2 is 2.44 bits per heavy atom. The second kappa shape index (κ2) is 6.26. The van der Waals surface area contributed by atoms with Gasteiger partial charge in [0.15, 0.2) is 0 Å². The number of amides is 1. The second-order valence-corrected chi connectivity index (χ2v) is 2.98. The molecule has 0 aliphatic heterocycles. The molecule has 0 saturated heterocycles. The third kappa shape index (κ3) is 3.47. The number of aromatic amines is 1. The lowest BCUT2D eigenvalue weighted by molar-refractivity contribution is 0.0952. The molecule has 0 fully saturated rings. The summed E-state index contributed by atoms with van der Waals surface area (Å²) in [6, 6.07) is 3.03. The van der Waals surface area contributed by atoms with Crippen LogP contribution >= 0.6 is 0 Å². The van der Waals surface area contributed by atoms with Crippen molar-refractivity contribution in [3.05, 3.63) is 44.7 Å². The highest BCUT2D eigenvalue weighted by atomic mass is 16.2. The first-order valence-electron chi connectivity index (χ1n) is 4.72. The summed E-state index contributed by atoms with van der Waals surface area (Å²) in [6.45, 7) is 0.689. The summed E-state index contributed by atoms with van der Waals surface area (Å²) in [6.07, 6.45) is 2.00. The summed E-state index contributed by atoms with van der Waals surface area (Å²) in [5.41, 5.74) is 7.67. The first-order valence-corrected chi connectivity index (χ1v) is 4.72. The predicted octanol–water partition coefficient (Wildman–Crippen LogP) is 0.805. The van der Waals surface area contributed by atoms with E-state index in [-0.39, 0.29) is 5.56 Å². The number of carbonyl (C=O) groups excluding carboxylic acids is 1. The standard InChI is InChI=1S/C9H11N5O2/c10-14-13-6-2-5-12-9(16)7-3-1-4-11-8(7)15/h1,3-4H,2,5-6H2,(H,11,15)(H,12,16). The van der Waals surface area contributed by atoms with E-state index in [1.807, 2.05) is 0 Å². The van der Waals surface area contributed by atoms with Gasteiger partial charge in [-0.15, -0.1) is 0 Å². The maximum Gasteiger partial charge on any atom is 0.260 e. The average molecular weight is 221 g/mol. The van der Waals surface area contributed by atoms with Crippen LogP contribution in [0.25, 0.3) is 10.4 Å². The van der Waals surface area contributed by atoms with E-state index in [2.05, 4.69) is 20.3 Å². The van der Waals surface area contributed by atoms with Crippen LogP contribution in [0.5, 0.6) is 0 Å². The number of H-pyrrole nitrogens is 1. The normalized spacial score (nSPS) is 9.25. The maximum atomic E-state index is 11.5. The third-order valence-electron chi connectivity index (χ3n) is 1.85. The van der Waals surface area contributed by atoms with Crippen LogP contribution in [-0.4, -0.2) is 24.0 Å². The van der Waals surface area contributed by atoms with Gasteiger partial charge in [-0.3, -0.25) is 9.59 Å². The maximum absolute atomic E-state index is 11.5. The molecule has 16 heavy (non-hydrogen) atoms. The van der Waals surface area contributed by atoms with Gasteiger partial charge in [0.05, 0.1) is 0 Å². The minimum atomic E-state index is -0.428. The van der Waals surface area contributed by atoms with E-state index in [1.165, 1.54) is 12.3 Å². The summed E-state index contributed by atoms with van der Waals surface area (Å²) in [5, 5.41) is 5.88. The zero-order chi connectivity index (χ0) is 11.8. The highest BCUT2D eigenvalue weighted by Crippen LogP contribution is 1.89. The lowest BCUT2D eigenvalue weighted by Crippen LogP contribution is -2.30. The molecule has 0 spiro atoms. The molecule has 0 unspecified atom stereocenters. The van der Waals surface area contributed by atoms with E-state index in [0.717, 1.165) is 0 Å². The van der Waals surface area contributed by atoms with E-state index in [1.54, 1.807) is 6.07 Å². The van der Waals surface area contributed by atoms with Gasteiger partial charge < -0.3 is 10.3 Å². The fourth-order valence-corrected chi connectivity index (χ4v) is 1.09. The van der Waals surface area contributed by atoms with Crippen LogP contribution < -0.4 is 10.9 Å². The lowest BCUT2D eigenvalue weighted by atomic mass is 10.2. The molecule has 0 radical (unpaired) electrons. The summed E-state index contributed by atoms with van der Waals surface area (Å²) < 4.78 is 0. The number of pyridine rings is 1. The second-order valence-electron chi connectivity index (χ2n) is 2.98. The van der Waals surface area contributed by atoms with Crippen LogP contribution in [0.4, 0.5) is 0 Å². The van der Waals surface area contributed by atoms with Crippen LogP contribution in [0.3, 0.4) is 0 Å². The minimum Gasteiger partial charge on any atom is -0.352 e. The zero-order valence-electron chi connectivity index (χ0n) is 8.51. The molecule has 1 aromatic heterocycles. The molecule has 2 N–H and O–H groups in total. The quantitative estimate of drug-likeness (QED) is 0.332. The molecule has 1 heterocycles. The number of hydrogen-bond acceptors (Lipinski definition) is 3. The smallest absolute Gasteiger partial charge is 0.260 e. The van der Waals surface area contributed by atoms with E-state index >= 15 is 0 Å². The first kappa shape index (κ1) is 11.8. The first-order chi connectivity index (χ1) is 7.75. The van der Waals surface area contributed by atoms with E-state index in [0.29, 0.717) is 19.5 Å². The van der Waals surface area contributed by atoms with Crippen LogP contribution in [0, 0.1) is 0 Å². The Hall–Kier alpha value is -2.27. The Labute approximate surface area is 91.1 Å². The van der Waals surface area contributed by atoms with E-state index in [9.17, 15) is 9.59 Å². The molecule has 0 saturated carbocycles. The summed E-state index contributed by atoms with van der Waals surface area (Å²) in [7, 11) is 0. The van der Waals surface area contributed by atoms with Gasteiger partial charge in [-0.25, -0.2) is 0 Å². The Bertz CT molecular complexity index is 461. The fourth-order valence-electron chi connectivity index (χ4n) is 1.09. The minimum absolute atomic E-state index is 0.0753. The number of azide groups is 1.